The van der Waals surface area contributed by atoms with Gasteiger partial charge >= 0.3 is 0 Å². The van der Waals surface area contributed by atoms with Crippen molar-refractivity contribution in [1.29, 1.82) is 0 Å². The normalized spacial score (nSPS) is 20.8. The van der Waals surface area contributed by atoms with Crippen LogP contribution >= 0.6 is 0 Å². The van der Waals surface area contributed by atoms with Crippen LogP contribution in [0.5, 0.6) is 0 Å². The van der Waals surface area contributed by atoms with Gasteiger partial charge in [-0.3, -0.25) is 4.79 Å². The molecule has 18 heavy (non-hydrogen) atoms. The van der Waals surface area contributed by atoms with Crippen LogP contribution in [0, 0.1) is 5.92 Å². The van der Waals surface area contributed by atoms with Gasteiger partial charge in [-0.15, -0.1) is 0 Å². The number of likely N-dealkylation sites (tertiary alicyclic amines) is 1. The van der Waals surface area contributed by atoms with Gasteiger partial charge in [-0.05, 0) is 25.2 Å². The van der Waals surface area contributed by atoms with E-state index in [1.54, 1.807) is 7.11 Å². The number of rotatable bonds is 7. The summed E-state index contributed by atoms with van der Waals surface area (Å²) in [7, 11) is 1.67. The van der Waals surface area contributed by atoms with Gasteiger partial charge in [0.15, 0.2) is 0 Å². The molecule has 1 amide bonds. The van der Waals surface area contributed by atoms with Crippen LogP contribution in [0.2, 0.25) is 0 Å². The number of hydrogen-bond donors (Lipinski definition) is 1. The number of hydrogen-bond acceptors (Lipinski definition) is 3. The molecule has 1 aliphatic heterocycles. The number of nitrogens with one attached hydrogen (secondary N) is 1. The molecule has 1 N–H and O–H groups in total. The van der Waals surface area contributed by atoms with Crippen molar-refractivity contribution < 1.29 is 9.53 Å². The van der Waals surface area contributed by atoms with E-state index >= 15 is 0 Å². The Morgan fingerprint density at radius 2 is 2.22 bits per heavy atom. The highest BCUT2D eigenvalue weighted by Crippen LogP contribution is 2.21. The summed E-state index contributed by atoms with van der Waals surface area (Å²) in [5.74, 6) is 1.07. The average Bonchev–Trinajstić information content (AvgIpc) is 2.61. The van der Waals surface area contributed by atoms with Crippen molar-refractivity contribution in [3.05, 3.63) is 0 Å². The van der Waals surface area contributed by atoms with Crippen molar-refractivity contribution in [2.75, 3.05) is 39.9 Å². The van der Waals surface area contributed by atoms with Gasteiger partial charge in [0.05, 0.1) is 13.2 Å². The van der Waals surface area contributed by atoms with Gasteiger partial charge in [-0.2, -0.15) is 0 Å². The third-order valence-corrected chi connectivity index (χ3v) is 3.66. The van der Waals surface area contributed by atoms with E-state index < -0.39 is 0 Å². The zero-order valence-corrected chi connectivity index (χ0v) is 11.9. The van der Waals surface area contributed by atoms with Crippen molar-refractivity contribution in [2.45, 2.75) is 39.0 Å². The van der Waals surface area contributed by atoms with E-state index in [4.69, 9.17) is 4.74 Å². The standard InChI is InChI=1S/C14H28N2O2/c1-3-5-13-6-4-9-16(10-7-13)14(17)12-15-8-11-18-2/h13,15H,3-12H2,1-2H3. The van der Waals surface area contributed by atoms with E-state index in [2.05, 4.69) is 12.2 Å². The summed E-state index contributed by atoms with van der Waals surface area (Å²) >= 11 is 0. The van der Waals surface area contributed by atoms with Gasteiger partial charge in [0.1, 0.15) is 0 Å². The third kappa shape index (κ3) is 5.83. The summed E-state index contributed by atoms with van der Waals surface area (Å²) in [6.45, 7) is 5.97. The molecule has 106 valence electrons. The third-order valence-electron chi connectivity index (χ3n) is 3.66. The highest BCUT2D eigenvalue weighted by Gasteiger charge is 2.19. The predicted molar refractivity (Wildman–Crippen MR) is 73.6 cm³/mol. The van der Waals surface area contributed by atoms with Crippen LogP contribution in [0.25, 0.3) is 0 Å². The van der Waals surface area contributed by atoms with Crippen LogP contribution in [-0.4, -0.2) is 50.7 Å². The molecule has 1 unspecified atom stereocenters. The molecule has 4 heteroatoms. The van der Waals surface area contributed by atoms with E-state index in [0.29, 0.717) is 13.2 Å². The van der Waals surface area contributed by atoms with Crippen molar-refractivity contribution in [3.63, 3.8) is 0 Å². The average molecular weight is 256 g/mol. The van der Waals surface area contributed by atoms with Crippen molar-refractivity contribution in [2.24, 2.45) is 5.92 Å². The first-order valence-electron chi connectivity index (χ1n) is 7.25. The van der Waals surface area contributed by atoms with Crippen molar-refractivity contribution >= 4 is 5.91 Å². The second kappa shape index (κ2) is 9.34. The van der Waals surface area contributed by atoms with E-state index in [1.165, 1.54) is 25.7 Å². The zero-order valence-electron chi connectivity index (χ0n) is 11.9. The molecule has 1 aliphatic rings. The number of methoxy groups -OCH3 is 1. The smallest absolute Gasteiger partial charge is 0.236 e. The van der Waals surface area contributed by atoms with Gasteiger partial charge in [0.2, 0.25) is 5.91 Å². The number of nitrogens with zero attached hydrogens (tertiary/aromatic N) is 1. The highest BCUT2D eigenvalue weighted by molar-refractivity contribution is 5.78. The molecule has 1 heterocycles. The lowest BCUT2D eigenvalue weighted by Crippen LogP contribution is -2.39. The summed E-state index contributed by atoms with van der Waals surface area (Å²) < 4.78 is 4.94. The molecule has 1 rings (SSSR count). The van der Waals surface area contributed by atoms with Gasteiger partial charge in [0, 0.05) is 26.7 Å². The number of carbonyl (C=O) groups excluding carboxylic acids is 1. The van der Waals surface area contributed by atoms with Gasteiger partial charge in [-0.25, -0.2) is 0 Å². The molecule has 0 aliphatic carbocycles. The molecule has 0 saturated carbocycles. The second-order valence-electron chi connectivity index (χ2n) is 5.14. The number of amides is 1. The minimum Gasteiger partial charge on any atom is -0.383 e. The molecule has 0 aromatic heterocycles. The summed E-state index contributed by atoms with van der Waals surface area (Å²) in [5.41, 5.74) is 0. The van der Waals surface area contributed by atoms with Crippen LogP contribution in [0.3, 0.4) is 0 Å². The van der Waals surface area contributed by atoms with Crippen molar-refractivity contribution in [3.8, 4) is 0 Å². The fourth-order valence-corrected chi connectivity index (χ4v) is 2.59. The monoisotopic (exact) mass is 256 g/mol. The Labute approximate surface area is 111 Å². The first kappa shape index (κ1) is 15.4. The maximum atomic E-state index is 12.0. The first-order valence-corrected chi connectivity index (χ1v) is 7.25. The number of ether oxygens (including phenoxy) is 1. The summed E-state index contributed by atoms with van der Waals surface area (Å²) in [6, 6.07) is 0. The zero-order chi connectivity index (χ0) is 13.2. The summed E-state index contributed by atoms with van der Waals surface area (Å²) in [5, 5.41) is 3.12. The topological polar surface area (TPSA) is 41.6 Å². The van der Waals surface area contributed by atoms with Gasteiger partial charge in [-0.1, -0.05) is 19.8 Å². The maximum absolute atomic E-state index is 12.0. The molecule has 0 radical (unpaired) electrons. The second-order valence-corrected chi connectivity index (χ2v) is 5.14. The van der Waals surface area contributed by atoms with Gasteiger partial charge in [0.25, 0.3) is 0 Å². The SMILES string of the molecule is CCCC1CCCN(C(=O)CNCCOC)CC1. The number of carbonyl (C=O) groups is 1. The Hall–Kier alpha value is -0.610. The van der Waals surface area contributed by atoms with E-state index in [0.717, 1.165) is 32.0 Å². The maximum Gasteiger partial charge on any atom is 0.236 e. The molecule has 1 atom stereocenters. The molecule has 0 aromatic rings. The quantitative estimate of drug-likeness (QED) is 0.704. The summed E-state index contributed by atoms with van der Waals surface area (Å²) in [4.78, 5) is 14.0. The minimum absolute atomic E-state index is 0.239. The van der Waals surface area contributed by atoms with Crippen LogP contribution in [-0.2, 0) is 9.53 Å². The largest absolute Gasteiger partial charge is 0.383 e. The highest BCUT2D eigenvalue weighted by atomic mass is 16.5. The fourth-order valence-electron chi connectivity index (χ4n) is 2.59. The molecular weight excluding hydrogens is 228 g/mol. The lowest BCUT2D eigenvalue weighted by Gasteiger charge is -2.21. The van der Waals surface area contributed by atoms with Crippen LogP contribution < -0.4 is 5.32 Å². The van der Waals surface area contributed by atoms with Crippen molar-refractivity contribution in [1.82, 2.24) is 10.2 Å². The molecule has 4 nitrogen and oxygen atoms in total. The van der Waals surface area contributed by atoms with E-state index in [1.807, 2.05) is 4.90 Å². The Kier molecular flexibility index (Phi) is 8.01. The Balaban J connectivity index is 2.22. The predicted octanol–water partition coefficient (Wildman–Crippen LogP) is 1.65. The Morgan fingerprint density at radius 1 is 1.39 bits per heavy atom. The Morgan fingerprint density at radius 3 is 2.94 bits per heavy atom. The first-order chi connectivity index (χ1) is 8.77. The molecule has 0 spiro atoms. The van der Waals surface area contributed by atoms with Gasteiger partial charge < -0.3 is 15.0 Å². The van der Waals surface area contributed by atoms with Crippen LogP contribution in [0.15, 0.2) is 0 Å². The van der Waals surface area contributed by atoms with E-state index in [9.17, 15) is 4.79 Å². The van der Waals surface area contributed by atoms with Crippen LogP contribution in [0.4, 0.5) is 0 Å². The molecule has 1 fully saturated rings. The molecular formula is C14H28N2O2. The molecule has 0 bridgehead atoms. The van der Waals surface area contributed by atoms with E-state index in [-0.39, 0.29) is 5.91 Å². The molecule has 1 saturated heterocycles. The lowest BCUT2D eigenvalue weighted by molar-refractivity contribution is -0.130. The molecule has 0 aromatic carbocycles. The fraction of sp³-hybridized carbons (Fsp3) is 0.929. The summed E-state index contributed by atoms with van der Waals surface area (Å²) in [6.07, 6.45) is 6.20. The minimum atomic E-state index is 0.239. The Bertz CT molecular complexity index is 234. The lowest BCUT2D eigenvalue weighted by atomic mass is 9.96. The van der Waals surface area contributed by atoms with Crippen LogP contribution in [0.1, 0.15) is 39.0 Å².